The van der Waals surface area contributed by atoms with Crippen LogP contribution in [0.5, 0.6) is 0 Å². The molecule has 0 fully saturated rings. The number of rotatable bonds is 2. The molecule has 1 aromatic heterocycles. The molecule has 0 saturated heterocycles. The molecule has 58 valence electrons. The van der Waals surface area contributed by atoms with Crippen LogP contribution in [0.25, 0.3) is 0 Å². The molecule has 0 N–H and O–H groups in total. The maximum atomic E-state index is 3.97. The van der Waals surface area contributed by atoms with Gasteiger partial charge in [0.25, 0.3) is 0 Å². The Morgan fingerprint density at radius 2 is 2.50 bits per heavy atom. The third-order valence-electron chi connectivity index (χ3n) is 1.16. The van der Waals surface area contributed by atoms with Crippen molar-refractivity contribution in [2.45, 2.75) is 11.0 Å². The van der Waals surface area contributed by atoms with Crippen molar-refractivity contribution in [3.63, 3.8) is 0 Å². The molecule has 1 unspecified atom stereocenters. The van der Waals surface area contributed by atoms with E-state index in [0.717, 1.165) is 3.70 Å². The molecule has 0 aromatic carbocycles. The molecule has 0 amide bonds. The third-order valence-corrected chi connectivity index (χ3v) is 4.03. The van der Waals surface area contributed by atoms with Crippen molar-refractivity contribution in [3.8, 4) is 0 Å². The van der Waals surface area contributed by atoms with Crippen LogP contribution in [0.2, 0.25) is 0 Å². The Labute approximate surface area is 84.0 Å². The topological polar surface area (TPSA) is 30.7 Å². The minimum absolute atomic E-state index is 0.236. The second-order valence-corrected chi connectivity index (χ2v) is 5.97. The van der Waals surface area contributed by atoms with Crippen LogP contribution >= 0.6 is 22.6 Å². The van der Waals surface area contributed by atoms with E-state index in [9.17, 15) is 0 Å². The average molecular weight is 364 g/mol. The molecule has 0 saturated carbocycles. The summed E-state index contributed by atoms with van der Waals surface area (Å²) in [5, 5.41) is 7.88. The number of nitrogens with zero attached hydrogens (tertiary/aromatic N) is 3. The molecule has 0 spiro atoms. The third kappa shape index (κ3) is 2.04. The normalized spacial score (nSPS) is 13.9. The molecule has 1 heterocycles. The van der Waals surface area contributed by atoms with Crippen molar-refractivity contribution in [1.29, 1.82) is 0 Å². The summed E-state index contributed by atoms with van der Waals surface area (Å²) in [6, 6.07) is 0. The molecular weight excluding hydrogens is 356 g/mol. The van der Waals surface area contributed by atoms with Gasteiger partial charge in [0, 0.05) is 0 Å². The molecule has 1 rings (SSSR count). The first-order valence-corrected chi connectivity index (χ1v) is 7.27. The van der Waals surface area contributed by atoms with E-state index >= 15 is 0 Å². The monoisotopic (exact) mass is 364 g/mol. The number of aromatic nitrogens is 3. The van der Waals surface area contributed by atoms with E-state index in [1.54, 1.807) is 0 Å². The Morgan fingerprint density at radius 3 is 2.90 bits per heavy atom. The molecule has 0 aliphatic carbocycles. The van der Waals surface area contributed by atoms with Gasteiger partial charge in [0.1, 0.15) is 0 Å². The van der Waals surface area contributed by atoms with Crippen molar-refractivity contribution in [2.24, 2.45) is 0 Å². The molecule has 3 nitrogen and oxygen atoms in total. The van der Waals surface area contributed by atoms with Gasteiger partial charge in [0.2, 0.25) is 0 Å². The van der Waals surface area contributed by atoms with Crippen molar-refractivity contribution in [3.05, 3.63) is 9.90 Å². The van der Waals surface area contributed by atoms with E-state index in [1.165, 1.54) is 0 Å². The van der Waals surface area contributed by atoms with Gasteiger partial charge in [0.15, 0.2) is 0 Å². The van der Waals surface area contributed by atoms with E-state index in [2.05, 4.69) is 44.8 Å². The van der Waals surface area contributed by atoms with E-state index < -0.39 is 0 Å². The van der Waals surface area contributed by atoms with Gasteiger partial charge in [-0.1, -0.05) is 0 Å². The van der Waals surface area contributed by atoms with Gasteiger partial charge in [-0.05, 0) is 0 Å². The van der Waals surface area contributed by atoms with Gasteiger partial charge in [-0.3, -0.25) is 0 Å². The van der Waals surface area contributed by atoms with Gasteiger partial charge in [0.05, 0.1) is 0 Å². The summed E-state index contributed by atoms with van der Waals surface area (Å²) in [6.45, 7) is 2.18. The quantitative estimate of drug-likeness (QED) is 0.455. The Balaban J connectivity index is 2.74. The number of halogens is 2. The Bertz CT molecular complexity index is 210. The van der Waals surface area contributed by atoms with Crippen molar-refractivity contribution < 1.29 is 21.2 Å². The van der Waals surface area contributed by atoms with Crippen molar-refractivity contribution >= 4 is 22.6 Å². The van der Waals surface area contributed by atoms with Crippen LogP contribution in [0.1, 0.15) is 11.0 Å². The molecular formula is C5H8I2N3-. The molecule has 0 radical (unpaired) electrons. The fraction of sp³-hybridized carbons (Fsp3) is 0.600. The molecule has 10 heavy (non-hydrogen) atoms. The van der Waals surface area contributed by atoms with E-state index in [1.807, 2.05) is 10.9 Å². The summed E-state index contributed by atoms with van der Waals surface area (Å²) in [5.74, 6) is 0. The predicted molar refractivity (Wildman–Crippen MR) is 43.4 cm³/mol. The van der Waals surface area contributed by atoms with Gasteiger partial charge >= 0.3 is 84.6 Å². The molecule has 0 aliphatic rings. The van der Waals surface area contributed by atoms with Crippen LogP contribution in [0, 0.1) is 3.70 Å². The summed E-state index contributed by atoms with van der Waals surface area (Å²) in [7, 11) is 0. The molecule has 1 aromatic rings. The van der Waals surface area contributed by atoms with Crippen LogP contribution in [-0.4, -0.2) is 19.9 Å². The zero-order valence-electron chi connectivity index (χ0n) is 5.75. The standard InChI is InChI=1S/C5H8I2N3/c1-4(7-2)10-3-5(6)8-9-10/h3-4H,1-2H3/q-1. The first kappa shape index (κ1) is 8.69. The van der Waals surface area contributed by atoms with Gasteiger partial charge in [-0.15, -0.1) is 0 Å². The van der Waals surface area contributed by atoms with Crippen LogP contribution in [0.4, 0.5) is 0 Å². The molecule has 1 atom stereocenters. The van der Waals surface area contributed by atoms with E-state index in [4.69, 9.17) is 0 Å². The zero-order chi connectivity index (χ0) is 7.56. The van der Waals surface area contributed by atoms with Crippen LogP contribution in [0.15, 0.2) is 6.20 Å². The van der Waals surface area contributed by atoms with Crippen LogP contribution in [-0.2, 0) is 0 Å². The van der Waals surface area contributed by atoms with Gasteiger partial charge in [-0.2, -0.15) is 0 Å². The van der Waals surface area contributed by atoms with Gasteiger partial charge in [-0.25, -0.2) is 0 Å². The SMILES string of the molecule is C[I-]C(C)n1cc(I)nn1. The first-order valence-electron chi connectivity index (χ1n) is 2.79. The van der Waals surface area contributed by atoms with Gasteiger partial charge < -0.3 is 0 Å². The Hall–Kier alpha value is 0.600. The fourth-order valence-corrected chi connectivity index (χ4v) is 1.75. The van der Waals surface area contributed by atoms with Crippen LogP contribution in [0.3, 0.4) is 0 Å². The minimum atomic E-state index is 0.236. The Kier molecular flexibility index (Phi) is 3.34. The number of hydrogen-bond donors (Lipinski definition) is 0. The summed E-state index contributed by atoms with van der Waals surface area (Å²) in [5.41, 5.74) is 0. The average Bonchev–Trinajstić information content (AvgIpc) is 2.34. The van der Waals surface area contributed by atoms with Crippen molar-refractivity contribution in [1.82, 2.24) is 15.0 Å². The summed E-state index contributed by atoms with van der Waals surface area (Å²) in [6.07, 6.45) is 1.98. The summed E-state index contributed by atoms with van der Waals surface area (Å²) in [4.78, 5) is 2.25. The summed E-state index contributed by atoms with van der Waals surface area (Å²) < 4.78 is 3.49. The predicted octanol–water partition coefficient (Wildman–Crippen LogP) is -1.88. The molecule has 0 aliphatic heterocycles. The Morgan fingerprint density at radius 1 is 1.80 bits per heavy atom. The van der Waals surface area contributed by atoms with Crippen LogP contribution < -0.4 is 21.2 Å². The second kappa shape index (κ2) is 3.84. The second-order valence-electron chi connectivity index (χ2n) is 1.81. The summed E-state index contributed by atoms with van der Waals surface area (Å²) >= 11 is 2.40. The first-order chi connectivity index (χ1) is 4.74. The number of alkyl halides is 2. The molecule has 0 bridgehead atoms. The van der Waals surface area contributed by atoms with Crippen molar-refractivity contribution in [2.75, 3.05) is 4.93 Å². The number of hydrogen-bond acceptors (Lipinski definition) is 2. The zero-order valence-corrected chi connectivity index (χ0v) is 10.1. The fourth-order valence-electron chi connectivity index (χ4n) is 0.529. The van der Waals surface area contributed by atoms with E-state index in [0.29, 0.717) is 4.05 Å². The molecule has 5 heteroatoms. The van der Waals surface area contributed by atoms with E-state index in [-0.39, 0.29) is 21.2 Å². The maximum absolute atomic E-state index is 3.97.